The summed E-state index contributed by atoms with van der Waals surface area (Å²) < 4.78 is 0. The van der Waals surface area contributed by atoms with E-state index in [0.29, 0.717) is 6.54 Å². The Morgan fingerprint density at radius 2 is 2.21 bits per heavy atom. The maximum Gasteiger partial charge on any atom is 0.237 e. The average molecular weight is 349 g/mol. The van der Waals surface area contributed by atoms with Gasteiger partial charge >= 0.3 is 0 Å². The molecule has 0 saturated carbocycles. The highest BCUT2D eigenvalue weighted by atomic mass is 35.5. The smallest absolute Gasteiger partial charge is 0.237 e. The summed E-state index contributed by atoms with van der Waals surface area (Å²) in [5.41, 5.74) is 2.57. The average Bonchev–Trinajstić information content (AvgIpc) is 2.59. The molecule has 7 heteroatoms. The van der Waals surface area contributed by atoms with Gasteiger partial charge in [-0.15, -0.1) is 0 Å². The molecule has 0 fully saturated rings. The van der Waals surface area contributed by atoms with Gasteiger partial charge < -0.3 is 15.3 Å². The number of carbonyl (C=O) groups is 1. The fourth-order valence-electron chi connectivity index (χ4n) is 2.36. The van der Waals surface area contributed by atoms with Crippen LogP contribution in [0.2, 0.25) is 5.28 Å². The maximum absolute atomic E-state index is 12.3. The first kappa shape index (κ1) is 18.3. The number of hydrogen-bond donors (Lipinski definition) is 2. The minimum Gasteiger partial charge on any atom is -0.394 e. The highest BCUT2D eigenvalue weighted by molar-refractivity contribution is 6.28. The zero-order chi connectivity index (χ0) is 17.5. The first-order chi connectivity index (χ1) is 11.5. The predicted octanol–water partition coefficient (Wildman–Crippen LogP) is 1.73. The number of likely N-dealkylation sites (N-methyl/N-ethyl adjacent to an activating group) is 1. The fraction of sp³-hybridized carbons (Fsp3) is 0.353. The molecule has 0 saturated heterocycles. The number of benzene rings is 1. The third-order valence-electron chi connectivity index (χ3n) is 3.65. The molecule has 2 aromatic rings. The van der Waals surface area contributed by atoms with Crippen LogP contribution >= 0.6 is 11.6 Å². The van der Waals surface area contributed by atoms with Crippen LogP contribution in [0, 0.1) is 0 Å². The minimum atomic E-state index is -0.261. The van der Waals surface area contributed by atoms with Gasteiger partial charge in [-0.1, -0.05) is 18.2 Å². The molecule has 1 heterocycles. The molecule has 0 aliphatic rings. The highest BCUT2D eigenvalue weighted by Crippen LogP contribution is 2.20. The summed E-state index contributed by atoms with van der Waals surface area (Å²) in [5.74, 6) is -0.0606. The molecule has 0 bridgehead atoms. The van der Waals surface area contributed by atoms with Crippen LogP contribution in [0.3, 0.4) is 0 Å². The lowest BCUT2D eigenvalue weighted by atomic mass is 10.1. The number of aromatic nitrogens is 2. The number of amides is 1. The molecule has 1 amide bonds. The Morgan fingerprint density at radius 3 is 2.88 bits per heavy atom. The quantitative estimate of drug-likeness (QED) is 0.745. The summed E-state index contributed by atoms with van der Waals surface area (Å²) in [6.07, 6.45) is 1.61. The van der Waals surface area contributed by atoms with E-state index in [1.165, 1.54) is 0 Å². The van der Waals surface area contributed by atoms with Gasteiger partial charge in [0.2, 0.25) is 11.2 Å². The van der Waals surface area contributed by atoms with E-state index in [-0.39, 0.29) is 30.4 Å². The van der Waals surface area contributed by atoms with Gasteiger partial charge in [0.15, 0.2) is 0 Å². The van der Waals surface area contributed by atoms with Gasteiger partial charge in [0.25, 0.3) is 0 Å². The van der Waals surface area contributed by atoms with E-state index >= 15 is 0 Å². The first-order valence-corrected chi connectivity index (χ1v) is 8.05. The van der Waals surface area contributed by atoms with Gasteiger partial charge in [-0.2, -0.15) is 0 Å². The second kappa shape index (κ2) is 8.73. The Morgan fingerprint density at radius 1 is 1.42 bits per heavy atom. The Kier molecular flexibility index (Phi) is 6.66. The van der Waals surface area contributed by atoms with Crippen molar-refractivity contribution >= 4 is 17.5 Å². The van der Waals surface area contributed by atoms with Gasteiger partial charge in [0.05, 0.1) is 24.9 Å². The van der Waals surface area contributed by atoms with E-state index in [4.69, 9.17) is 11.6 Å². The van der Waals surface area contributed by atoms with Crippen LogP contribution in [0.4, 0.5) is 0 Å². The lowest BCUT2D eigenvalue weighted by molar-refractivity contribution is -0.133. The molecule has 0 aliphatic carbocycles. The fourth-order valence-corrected chi connectivity index (χ4v) is 2.51. The minimum absolute atomic E-state index is 0.0606. The van der Waals surface area contributed by atoms with E-state index in [9.17, 15) is 9.90 Å². The van der Waals surface area contributed by atoms with Crippen molar-refractivity contribution in [2.45, 2.75) is 19.5 Å². The lowest BCUT2D eigenvalue weighted by Gasteiger charge is -2.28. The predicted molar refractivity (Wildman–Crippen MR) is 93.5 cm³/mol. The van der Waals surface area contributed by atoms with Crippen LogP contribution in [0.5, 0.6) is 0 Å². The van der Waals surface area contributed by atoms with Crippen molar-refractivity contribution in [2.75, 3.05) is 20.2 Å². The molecule has 128 valence electrons. The van der Waals surface area contributed by atoms with Gasteiger partial charge in [0, 0.05) is 18.3 Å². The Balaban J connectivity index is 2.24. The van der Waals surface area contributed by atoms with Gasteiger partial charge in [-0.25, -0.2) is 9.97 Å². The number of nitrogens with zero attached hydrogens (tertiary/aromatic N) is 3. The molecule has 2 rings (SSSR count). The summed E-state index contributed by atoms with van der Waals surface area (Å²) in [5, 5.41) is 12.5. The van der Waals surface area contributed by atoms with Crippen molar-refractivity contribution in [1.29, 1.82) is 0 Å². The molecule has 6 nitrogen and oxygen atoms in total. The second-order valence-corrected chi connectivity index (χ2v) is 5.83. The molecule has 1 atom stereocenters. The van der Waals surface area contributed by atoms with Crippen LogP contribution in [0.15, 0.2) is 36.5 Å². The molecule has 1 aromatic carbocycles. The number of aliphatic hydroxyl groups excluding tert-OH is 1. The number of halogens is 1. The SMILES string of the molecule is CNCC(=O)N(Cc1cccc(-c2ccnc(Cl)n2)c1)C(C)CO. The molecule has 1 aromatic heterocycles. The zero-order valence-electron chi connectivity index (χ0n) is 13.7. The van der Waals surface area contributed by atoms with Crippen molar-refractivity contribution in [3.05, 3.63) is 47.4 Å². The van der Waals surface area contributed by atoms with Crippen molar-refractivity contribution < 1.29 is 9.90 Å². The third kappa shape index (κ3) is 4.74. The van der Waals surface area contributed by atoms with Gasteiger partial charge in [0.1, 0.15) is 0 Å². The third-order valence-corrected chi connectivity index (χ3v) is 3.83. The molecular formula is C17H21ClN4O2. The van der Waals surface area contributed by atoms with Crippen LogP contribution in [0.25, 0.3) is 11.3 Å². The summed E-state index contributed by atoms with van der Waals surface area (Å²) in [4.78, 5) is 22.0. The Bertz CT molecular complexity index is 696. The summed E-state index contributed by atoms with van der Waals surface area (Å²) in [6, 6.07) is 9.26. The van der Waals surface area contributed by atoms with Gasteiger partial charge in [-0.05, 0) is 43.3 Å². The molecule has 24 heavy (non-hydrogen) atoms. The molecule has 0 aliphatic heterocycles. The molecular weight excluding hydrogens is 328 g/mol. The van der Waals surface area contributed by atoms with Crippen LogP contribution in [0.1, 0.15) is 12.5 Å². The second-order valence-electron chi connectivity index (χ2n) is 5.49. The van der Waals surface area contributed by atoms with Crippen molar-refractivity contribution in [3.63, 3.8) is 0 Å². The standard InChI is InChI=1S/C17H21ClN4O2/c1-12(11-23)22(16(24)9-19-2)10-13-4-3-5-14(8-13)15-6-7-20-17(18)21-15/h3-8,12,19,23H,9-11H2,1-2H3. The van der Waals surface area contributed by atoms with Crippen molar-refractivity contribution in [3.8, 4) is 11.3 Å². The van der Waals surface area contributed by atoms with Crippen LogP contribution in [-0.4, -0.2) is 52.1 Å². The summed E-state index contributed by atoms with van der Waals surface area (Å²) in [7, 11) is 1.72. The van der Waals surface area contributed by atoms with Crippen molar-refractivity contribution in [1.82, 2.24) is 20.2 Å². The number of hydrogen-bond acceptors (Lipinski definition) is 5. The topological polar surface area (TPSA) is 78.4 Å². The van der Waals surface area contributed by atoms with Gasteiger partial charge in [-0.3, -0.25) is 4.79 Å². The van der Waals surface area contributed by atoms with E-state index in [2.05, 4.69) is 15.3 Å². The monoisotopic (exact) mass is 348 g/mol. The molecule has 0 spiro atoms. The first-order valence-electron chi connectivity index (χ1n) is 7.68. The van der Waals surface area contributed by atoms with Crippen LogP contribution in [-0.2, 0) is 11.3 Å². The number of aliphatic hydroxyl groups is 1. The van der Waals surface area contributed by atoms with E-state index in [1.54, 1.807) is 24.2 Å². The number of carbonyl (C=O) groups excluding carboxylic acids is 1. The lowest BCUT2D eigenvalue weighted by Crippen LogP contribution is -2.43. The number of nitrogens with one attached hydrogen (secondary N) is 1. The maximum atomic E-state index is 12.3. The van der Waals surface area contributed by atoms with E-state index in [0.717, 1.165) is 16.8 Å². The Hall–Kier alpha value is -2.02. The Labute approximate surface area is 146 Å². The summed E-state index contributed by atoms with van der Waals surface area (Å²) in [6.45, 7) is 2.37. The number of rotatable bonds is 7. The normalized spacial score (nSPS) is 12.0. The molecule has 1 unspecified atom stereocenters. The van der Waals surface area contributed by atoms with E-state index < -0.39 is 0 Å². The zero-order valence-corrected chi connectivity index (χ0v) is 14.5. The van der Waals surface area contributed by atoms with Crippen LogP contribution < -0.4 is 5.32 Å². The van der Waals surface area contributed by atoms with Crippen molar-refractivity contribution in [2.24, 2.45) is 0 Å². The molecule has 0 radical (unpaired) electrons. The highest BCUT2D eigenvalue weighted by Gasteiger charge is 2.19. The van der Waals surface area contributed by atoms with E-state index in [1.807, 2.05) is 31.2 Å². The molecule has 2 N–H and O–H groups in total. The largest absolute Gasteiger partial charge is 0.394 e. The summed E-state index contributed by atoms with van der Waals surface area (Å²) >= 11 is 5.85.